The maximum Gasteiger partial charge on any atom is 0.222 e. The Kier molecular flexibility index (Phi) is 3.78. The Morgan fingerprint density at radius 1 is 0.955 bits per heavy atom. The van der Waals surface area contributed by atoms with Gasteiger partial charge in [0, 0.05) is 24.4 Å². The molecule has 110 valence electrons. The third kappa shape index (κ3) is 3.26. The predicted octanol–water partition coefficient (Wildman–Crippen LogP) is 1.81. The summed E-state index contributed by atoms with van der Waals surface area (Å²) in [4.78, 5) is 16.3. The fraction of sp³-hybridized carbons (Fsp3) is 0.0667. The summed E-state index contributed by atoms with van der Waals surface area (Å²) < 4.78 is 5.76. The van der Waals surface area contributed by atoms with Gasteiger partial charge in [-0.3, -0.25) is 0 Å². The number of anilines is 2. The van der Waals surface area contributed by atoms with Crippen LogP contribution >= 0.6 is 0 Å². The number of hydrogen-bond donors (Lipinski definition) is 2. The molecule has 3 aromatic heterocycles. The van der Waals surface area contributed by atoms with Gasteiger partial charge >= 0.3 is 0 Å². The van der Waals surface area contributed by atoms with Crippen LogP contribution in [-0.2, 0) is 6.42 Å². The van der Waals surface area contributed by atoms with Crippen molar-refractivity contribution < 1.29 is 4.74 Å². The third-order valence-corrected chi connectivity index (χ3v) is 2.93. The summed E-state index contributed by atoms with van der Waals surface area (Å²) in [7, 11) is 0. The van der Waals surface area contributed by atoms with E-state index in [-0.39, 0.29) is 5.95 Å². The number of nitrogens with two attached hydrogens (primary N) is 2. The molecular formula is C15H14N6O. The summed E-state index contributed by atoms with van der Waals surface area (Å²) in [6, 6.07) is 8.98. The average molecular weight is 294 g/mol. The van der Waals surface area contributed by atoms with Crippen molar-refractivity contribution in [2.75, 3.05) is 11.5 Å². The minimum Gasteiger partial charge on any atom is -0.437 e. The SMILES string of the molecule is Nc1ccc(Oc2ncccc2Cc2ccnc(N)n2)cn1. The zero-order valence-electron chi connectivity index (χ0n) is 11.7. The van der Waals surface area contributed by atoms with E-state index >= 15 is 0 Å². The van der Waals surface area contributed by atoms with Crippen molar-refractivity contribution in [3.8, 4) is 11.6 Å². The van der Waals surface area contributed by atoms with E-state index < -0.39 is 0 Å². The summed E-state index contributed by atoms with van der Waals surface area (Å²) >= 11 is 0. The van der Waals surface area contributed by atoms with Gasteiger partial charge in [0.25, 0.3) is 0 Å². The molecule has 0 radical (unpaired) electrons. The molecule has 0 unspecified atom stereocenters. The van der Waals surface area contributed by atoms with Crippen LogP contribution in [0.5, 0.6) is 11.6 Å². The number of rotatable bonds is 4. The molecule has 3 aromatic rings. The van der Waals surface area contributed by atoms with E-state index in [4.69, 9.17) is 16.2 Å². The molecule has 4 N–H and O–H groups in total. The molecule has 0 saturated heterocycles. The molecule has 0 amide bonds. The van der Waals surface area contributed by atoms with Gasteiger partial charge in [-0.25, -0.2) is 19.9 Å². The summed E-state index contributed by atoms with van der Waals surface area (Å²) in [6.07, 6.45) is 5.38. The van der Waals surface area contributed by atoms with Crippen LogP contribution in [0.15, 0.2) is 48.9 Å². The zero-order chi connectivity index (χ0) is 15.4. The summed E-state index contributed by atoms with van der Waals surface area (Å²) in [5, 5.41) is 0. The smallest absolute Gasteiger partial charge is 0.222 e. The van der Waals surface area contributed by atoms with E-state index in [2.05, 4.69) is 19.9 Å². The molecule has 3 rings (SSSR count). The van der Waals surface area contributed by atoms with Crippen LogP contribution in [0.25, 0.3) is 0 Å². The lowest BCUT2D eigenvalue weighted by Crippen LogP contribution is -2.01. The second-order valence-corrected chi connectivity index (χ2v) is 4.57. The summed E-state index contributed by atoms with van der Waals surface area (Å²) in [5.41, 5.74) is 12.8. The van der Waals surface area contributed by atoms with Crippen molar-refractivity contribution in [3.05, 3.63) is 60.2 Å². The van der Waals surface area contributed by atoms with Crippen molar-refractivity contribution in [2.45, 2.75) is 6.42 Å². The van der Waals surface area contributed by atoms with Gasteiger partial charge in [0.05, 0.1) is 11.9 Å². The maximum atomic E-state index is 5.76. The highest BCUT2D eigenvalue weighted by atomic mass is 16.5. The minimum atomic E-state index is 0.242. The van der Waals surface area contributed by atoms with E-state index in [1.165, 1.54) is 0 Å². The van der Waals surface area contributed by atoms with Crippen LogP contribution in [-0.4, -0.2) is 19.9 Å². The first kappa shape index (κ1) is 13.7. The lowest BCUT2D eigenvalue weighted by atomic mass is 10.1. The Balaban J connectivity index is 1.85. The van der Waals surface area contributed by atoms with E-state index in [0.717, 1.165) is 11.3 Å². The van der Waals surface area contributed by atoms with Gasteiger partial charge in [-0.2, -0.15) is 0 Å². The highest BCUT2D eigenvalue weighted by Gasteiger charge is 2.08. The van der Waals surface area contributed by atoms with E-state index in [1.54, 1.807) is 36.8 Å². The Hall–Kier alpha value is -3.22. The number of ether oxygens (including phenoxy) is 1. The van der Waals surface area contributed by atoms with Crippen LogP contribution in [0.1, 0.15) is 11.3 Å². The lowest BCUT2D eigenvalue weighted by Gasteiger charge is -2.09. The Labute approximate surface area is 127 Å². The monoisotopic (exact) mass is 294 g/mol. The highest BCUT2D eigenvalue weighted by Crippen LogP contribution is 2.24. The molecule has 0 fully saturated rings. The molecule has 3 heterocycles. The average Bonchev–Trinajstić information content (AvgIpc) is 2.51. The van der Waals surface area contributed by atoms with Gasteiger partial charge in [0.15, 0.2) is 0 Å². The topological polar surface area (TPSA) is 113 Å². The molecule has 7 nitrogen and oxygen atoms in total. The quantitative estimate of drug-likeness (QED) is 0.754. The molecule has 0 bridgehead atoms. The van der Waals surface area contributed by atoms with E-state index in [1.807, 2.05) is 12.1 Å². The van der Waals surface area contributed by atoms with Gasteiger partial charge in [-0.1, -0.05) is 6.07 Å². The first-order valence-corrected chi connectivity index (χ1v) is 6.61. The molecule has 0 spiro atoms. The number of aromatic nitrogens is 4. The van der Waals surface area contributed by atoms with Crippen LogP contribution < -0.4 is 16.2 Å². The second kappa shape index (κ2) is 6.04. The molecule has 7 heteroatoms. The van der Waals surface area contributed by atoms with E-state index in [9.17, 15) is 0 Å². The van der Waals surface area contributed by atoms with Gasteiger partial charge in [-0.05, 0) is 24.3 Å². The second-order valence-electron chi connectivity index (χ2n) is 4.57. The third-order valence-electron chi connectivity index (χ3n) is 2.93. The van der Waals surface area contributed by atoms with Gasteiger partial charge < -0.3 is 16.2 Å². The van der Waals surface area contributed by atoms with Gasteiger partial charge in [-0.15, -0.1) is 0 Å². The Bertz CT molecular complexity index is 775. The minimum absolute atomic E-state index is 0.242. The summed E-state index contributed by atoms with van der Waals surface area (Å²) in [5.74, 6) is 1.74. The predicted molar refractivity (Wildman–Crippen MR) is 82.2 cm³/mol. The molecule has 0 saturated carbocycles. The first-order chi connectivity index (χ1) is 10.7. The maximum absolute atomic E-state index is 5.76. The van der Waals surface area contributed by atoms with Crippen molar-refractivity contribution >= 4 is 11.8 Å². The largest absolute Gasteiger partial charge is 0.437 e. The van der Waals surface area contributed by atoms with Crippen molar-refractivity contribution in [1.29, 1.82) is 0 Å². The highest BCUT2D eigenvalue weighted by molar-refractivity contribution is 5.37. The van der Waals surface area contributed by atoms with Crippen molar-refractivity contribution in [2.24, 2.45) is 0 Å². The van der Waals surface area contributed by atoms with Crippen LogP contribution in [0.4, 0.5) is 11.8 Å². The molecule has 0 aliphatic rings. The lowest BCUT2D eigenvalue weighted by molar-refractivity contribution is 0.455. The molecule has 0 atom stereocenters. The standard InChI is InChI=1S/C15H14N6O/c16-13-4-3-12(9-20-13)22-14-10(2-1-6-18-14)8-11-5-7-19-15(17)21-11/h1-7,9H,8H2,(H2,16,20)(H2,17,19,21). The van der Waals surface area contributed by atoms with Crippen LogP contribution in [0.2, 0.25) is 0 Å². The molecule has 0 aromatic carbocycles. The van der Waals surface area contributed by atoms with Crippen LogP contribution in [0.3, 0.4) is 0 Å². The Morgan fingerprint density at radius 2 is 1.86 bits per heavy atom. The summed E-state index contributed by atoms with van der Waals surface area (Å²) in [6.45, 7) is 0. The van der Waals surface area contributed by atoms with E-state index in [0.29, 0.717) is 23.9 Å². The van der Waals surface area contributed by atoms with Crippen LogP contribution in [0, 0.1) is 0 Å². The normalized spacial score (nSPS) is 10.4. The fourth-order valence-electron chi connectivity index (χ4n) is 1.92. The van der Waals surface area contributed by atoms with Crippen molar-refractivity contribution in [1.82, 2.24) is 19.9 Å². The molecule has 0 aliphatic carbocycles. The Morgan fingerprint density at radius 3 is 2.64 bits per heavy atom. The molecule has 22 heavy (non-hydrogen) atoms. The zero-order valence-corrected chi connectivity index (χ0v) is 11.7. The fourth-order valence-corrected chi connectivity index (χ4v) is 1.92. The number of hydrogen-bond acceptors (Lipinski definition) is 7. The number of pyridine rings is 2. The number of nitrogens with zero attached hydrogens (tertiary/aromatic N) is 4. The first-order valence-electron chi connectivity index (χ1n) is 6.61. The van der Waals surface area contributed by atoms with Crippen molar-refractivity contribution in [3.63, 3.8) is 0 Å². The number of nitrogen functional groups attached to an aromatic ring is 2. The van der Waals surface area contributed by atoms with Gasteiger partial charge in [0.1, 0.15) is 11.6 Å². The molecular weight excluding hydrogens is 280 g/mol. The molecule has 0 aliphatic heterocycles. The van der Waals surface area contributed by atoms with Gasteiger partial charge in [0.2, 0.25) is 11.8 Å².